The smallest absolute Gasteiger partial charge is 0.238 e. The number of nitrogens with one attached hydrogen (secondary N) is 1. The molecule has 92 valence electrons. The molecule has 0 saturated carbocycles. The molecule has 3 N–H and O–H groups in total. The first-order valence-electron chi connectivity index (χ1n) is 5.82. The van der Waals surface area contributed by atoms with Crippen LogP contribution in [0.3, 0.4) is 0 Å². The first kappa shape index (κ1) is 12.1. The topological polar surface area (TPSA) is 58.4 Å². The van der Waals surface area contributed by atoms with E-state index in [0.29, 0.717) is 6.54 Å². The van der Waals surface area contributed by atoms with Gasteiger partial charge in [0.2, 0.25) is 5.91 Å². The van der Waals surface area contributed by atoms with Crippen molar-refractivity contribution in [3.63, 3.8) is 0 Å². The lowest BCUT2D eigenvalue weighted by Gasteiger charge is -2.44. The Bertz CT molecular complexity index is 420. The predicted octanol–water partition coefficient (Wildman–Crippen LogP) is 0.967. The molecule has 0 atom stereocenters. The van der Waals surface area contributed by atoms with Crippen molar-refractivity contribution in [1.82, 2.24) is 4.90 Å². The molecular weight excluding hydrogens is 214 g/mol. The highest BCUT2D eigenvalue weighted by Gasteiger charge is 2.35. The Morgan fingerprint density at radius 2 is 2.24 bits per heavy atom. The summed E-state index contributed by atoms with van der Waals surface area (Å²) in [5.74, 6) is 0.0195. The molecule has 4 nitrogen and oxygen atoms in total. The van der Waals surface area contributed by atoms with Crippen LogP contribution < -0.4 is 11.1 Å². The first-order valence-corrected chi connectivity index (χ1v) is 5.82. The summed E-state index contributed by atoms with van der Waals surface area (Å²) in [5.41, 5.74) is 7.76. The minimum atomic E-state index is -0.121. The zero-order valence-electron chi connectivity index (χ0n) is 10.4. The summed E-state index contributed by atoms with van der Waals surface area (Å²) in [6, 6.07) is 7.80. The van der Waals surface area contributed by atoms with Crippen molar-refractivity contribution in [2.75, 3.05) is 25.0 Å². The molecular formula is C13H19N3O. The molecule has 1 heterocycles. The summed E-state index contributed by atoms with van der Waals surface area (Å²) >= 11 is 0. The van der Waals surface area contributed by atoms with Gasteiger partial charge in [0.15, 0.2) is 0 Å². The van der Waals surface area contributed by atoms with E-state index in [4.69, 9.17) is 5.73 Å². The van der Waals surface area contributed by atoms with Gasteiger partial charge < -0.3 is 11.1 Å². The van der Waals surface area contributed by atoms with Crippen LogP contribution in [0.5, 0.6) is 0 Å². The molecule has 1 amide bonds. The average molecular weight is 233 g/mol. The van der Waals surface area contributed by atoms with E-state index in [9.17, 15) is 4.79 Å². The summed E-state index contributed by atoms with van der Waals surface area (Å²) in [6.45, 7) is 6.00. The monoisotopic (exact) mass is 233 g/mol. The first-order chi connectivity index (χ1) is 7.94. The number of likely N-dealkylation sites (tertiary alicyclic amines) is 1. The van der Waals surface area contributed by atoms with Gasteiger partial charge >= 0.3 is 0 Å². The van der Waals surface area contributed by atoms with Crippen LogP contribution in [0.1, 0.15) is 12.5 Å². The van der Waals surface area contributed by atoms with E-state index >= 15 is 0 Å². The number of anilines is 1. The van der Waals surface area contributed by atoms with Crippen LogP contribution in [-0.2, 0) is 4.79 Å². The minimum absolute atomic E-state index is 0.0195. The summed E-state index contributed by atoms with van der Waals surface area (Å²) in [5, 5.41) is 2.89. The third-order valence-electron chi connectivity index (χ3n) is 2.84. The van der Waals surface area contributed by atoms with Gasteiger partial charge in [-0.15, -0.1) is 0 Å². The number of benzene rings is 1. The van der Waals surface area contributed by atoms with E-state index in [1.807, 2.05) is 43.0 Å². The van der Waals surface area contributed by atoms with Crippen molar-refractivity contribution < 1.29 is 4.79 Å². The zero-order valence-corrected chi connectivity index (χ0v) is 10.4. The van der Waals surface area contributed by atoms with Gasteiger partial charge in [-0.1, -0.05) is 12.1 Å². The lowest BCUT2D eigenvalue weighted by atomic mass is 9.94. The number of nitrogens with zero attached hydrogens (tertiary/aromatic N) is 1. The SMILES string of the molecule is Cc1cccc(NC(=O)CN2CC(C)(N)C2)c1. The second kappa shape index (κ2) is 4.47. The van der Waals surface area contributed by atoms with E-state index < -0.39 is 0 Å². The second-order valence-corrected chi connectivity index (χ2v) is 5.22. The number of nitrogens with two attached hydrogens (primary N) is 1. The number of amides is 1. The maximum Gasteiger partial charge on any atom is 0.238 e. The largest absolute Gasteiger partial charge is 0.325 e. The summed E-state index contributed by atoms with van der Waals surface area (Å²) in [4.78, 5) is 13.8. The summed E-state index contributed by atoms with van der Waals surface area (Å²) < 4.78 is 0. The van der Waals surface area contributed by atoms with Crippen LogP contribution >= 0.6 is 0 Å². The molecule has 0 bridgehead atoms. The molecule has 1 aliphatic rings. The highest BCUT2D eigenvalue weighted by molar-refractivity contribution is 5.92. The van der Waals surface area contributed by atoms with Crippen LogP contribution in [0, 0.1) is 6.92 Å². The number of aryl methyl sites for hydroxylation is 1. The Morgan fingerprint density at radius 1 is 1.53 bits per heavy atom. The minimum Gasteiger partial charge on any atom is -0.325 e. The van der Waals surface area contributed by atoms with Gasteiger partial charge in [-0.2, -0.15) is 0 Å². The molecule has 1 saturated heterocycles. The molecule has 1 aromatic rings. The molecule has 0 spiro atoms. The number of carbonyl (C=O) groups excluding carboxylic acids is 1. The molecule has 0 aromatic heterocycles. The van der Waals surface area contributed by atoms with Crippen molar-refractivity contribution in [1.29, 1.82) is 0 Å². The van der Waals surface area contributed by atoms with E-state index in [1.54, 1.807) is 0 Å². The van der Waals surface area contributed by atoms with Gasteiger partial charge in [-0.25, -0.2) is 0 Å². The Balaban J connectivity index is 1.82. The highest BCUT2D eigenvalue weighted by atomic mass is 16.2. The van der Waals surface area contributed by atoms with Crippen molar-refractivity contribution in [3.8, 4) is 0 Å². The van der Waals surface area contributed by atoms with Gasteiger partial charge in [0.1, 0.15) is 0 Å². The van der Waals surface area contributed by atoms with Crippen molar-refractivity contribution in [2.24, 2.45) is 5.73 Å². The number of rotatable bonds is 3. The van der Waals surface area contributed by atoms with Crippen LogP contribution in [0.15, 0.2) is 24.3 Å². The lowest BCUT2D eigenvalue weighted by molar-refractivity contribution is -0.118. The van der Waals surface area contributed by atoms with Gasteiger partial charge in [-0.05, 0) is 31.5 Å². The normalized spacial score (nSPS) is 18.5. The van der Waals surface area contributed by atoms with Crippen molar-refractivity contribution in [2.45, 2.75) is 19.4 Å². The molecule has 1 fully saturated rings. The standard InChI is InChI=1S/C13H19N3O/c1-10-4-3-5-11(6-10)15-12(17)7-16-8-13(2,14)9-16/h3-6H,7-9,14H2,1-2H3,(H,15,17). The molecule has 17 heavy (non-hydrogen) atoms. The fourth-order valence-corrected chi connectivity index (χ4v) is 2.21. The van der Waals surface area contributed by atoms with E-state index in [0.717, 1.165) is 24.3 Å². The van der Waals surface area contributed by atoms with E-state index in [2.05, 4.69) is 5.32 Å². The van der Waals surface area contributed by atoms with Gasteiger partial charge in [0, 0.05) is 24.3 Å². The fraction of sp³-hybridized carbons (Fsp3) is 0.462. The lowest BCUT2D eigenvalue weighted by Crippen LogP contribution is -2.66. The molecule has 2 rings (SSSR count). The van der Waals surface area contributed by atoms with Gasteiger partial charge in [0.05, 0.1) is 6.54 Å². The fourth-order valence-electron chi connectivity index (χ4n) is 2.21. The van der Waals surface area contributed by atoms with Crippen LogP contribution in [0.2, 0.25) is 0 Å². The number of hydrogen-bond acceptors (Lipinski definition) is 3. The maximum atomic E-state index is 11.7. The highest BCUT2D eigenvalue weighted by Crippen LogP contribution is 2.16. The second-order valence-electron chi connectivity index (χ2n) is 5.22. The summed E-state index contributed by atoms with van der Waals surface area (Å²) in [6.07, 6.45) is 0. The van der Waals surface area contributed by atoms with Gasteiger partial charge in [-0.3, -0.25) is 9.69 Å². The van der Waals surface area contributed by atoms with Crippen molar-refractivity contribution >= 4 is 11.6 Å². The van der Waals surface area contributed by atoms with Crippen LogP contribution in [0.25, 0.3) is 0 Å². The Hall–Kier alpha value is -1.39. The van der Waals surface area contributed by atoms with Gasteiger partial charge in [0.25, 0.3) is 0 Å². The number of carbonyl (C=O) groups is 1. The molecule has 0 unspecified atom stereocenters. The zero-order chi connectivity index (χ0) is 12.5. The van der Waals surface area contributed by atoms with Crippen LogP contribution in [-0.4, -0.2) is 36.0 Å². The third-order valence-corrected chi connectivity index (χ3v) is 2.84. The molecule has 1 aromatic carbocycles. The Kier molecular flexibility index (Phi) is 3.17. The van der Waals surface area contributed by atoms with E-state index in [-0.39, 0.29) is 11.4 Å². The molecule has 0 radical (unpaired) electrons. The molecule has 4 heteroatoms. The van der Waals surface area contributed by atoms with Crippen LogP contribution in [0.4, 0.5) is 5.69 Å². The maximum absolute atomic E-state index is 11.7. The average Bonchev–Trinajstić information content (AvgIpc) is 2.14. The van der Waals surface area contributed by atoms with E-state index in [1.165, 1.54) is 0 Å². The quantitative estimate of drug-likeness (QED) is 0.817. The Morgan fingerprint density at radius 3 is 2.82 bits per heavy atom. The molecule has 0 aliphatic carbocycles. The van der Waals surface area contributed by atoms with Crippen molar-refractivity contribution in [3.05, 3.63) is 29.8 Å². The summed E-state index contributed by atoms with van der Waals surface area (Å²) in [7, 11) is 0. The Labute approximate surface area is 102 Å². The third kappa shape index (κ3) is 3.28. The molecule has 1 aliphatic heterocycles. The predicted molar refractivity (Wildman–Crippen MR) is 68.8 cm³/mol. The number of hydrogen-bond donors (Lipinski definition) is 2.